The Bertz CT molecular complexity index is 2990. The van der Waals surface area contributed by atoms with E-state index in [1.54, 1.807) is 0 Å². The number of rotatable bonds is 7. The Morgan fingerprint density at radius 1 is 0.517 bits per heavy atom. The van der Waals surface area contributed by atoms with Crippen molar-refractivity contribution in [3.63, 3.8) is 0 Å². The molecule has 0 aliphatic rings. The largest absolute Gasteiger partial charge is 0.437 e. The first kappa shape index (κ1) is 39.0. The van der Waals surface area contributed by atoms with Gasteiger partial charge in [0.1, 0.15) is 23.1 Å². The van der Waals surface area contributed by atoms with Crippen LogP contribution in [0.5, 0.6) is 0 Å². The van der Waals surface area contributed by atoms with Gasteiger partial charge in [-0.15, -0.1) is 0 Å². The fraction of sp³-hybridized carbons (Fsp3) is 0.264. The lowest BCUT2D eigenvalue weighted by Crippen LogP contribution is -2.24. The molecular weight excluding hydrogens is 737 g/mol. The third-order valence-electron chi connectivity index (χ3n) is 11.3. The van der Waals surface area contributed by atoms with Crippen molar-refractivity contribution in [1.29, 1.82) is 0 Å². The van der Waals surface area contributed by atoms with Crippen LogP contribution in [0.4, 0.5) is 0 Å². The zero-order valence-electron chi connectivity index (χ0n) is 36.3. The van der Waals surface area contributed by atoms with E-state index < -0.39 is 0 Å². The summed E-state index contributed by atoms with van der Waals surface area (Å²) in [6, 6.07) is 42.7. The van der Waals surface area contributed by atoms with Crippen LogP contribution in [0.2, 0.25) is 0 Å². The highest BCUT2D eigenvalue weighted by atomic mass is 16.3. The van der Waals surface area contributed by atoms with Crippen LogP contribution in [0.1, 0.15) is 104 Å². The molecule has 0 aliphatic heterocycles. The van der Waals surface area contributed by atoms with Gasteiger partial charge in [-0.1, -0.05) is 148 Å². The molecule has 5 aromatic carbocycles. The fourth-order valence-electron chi connectivity index (χ4n) is 8.03. The van der Waals surface area contributed by atoms with Crippen molar-refractivity contribution in [2.24, 2.45) is 0 Å². The SMILES string of the molecule is CC(C)c1cc(-c2ccccc2)cc(C(C)C)c1-n1c(-c2cccc3c2oc2nc(-c4ccc(-c5nc(C(C)(C)C)nc(C(C)(C)C)n5)cc4)ccc23)nc2ccccc21. The predicted molar refractivity (Wildman–Crippen MR) is 247 cm³/mol. The second-order valence-electron chi connectivity index (χ2n) is 18.7. The van der Waals surface area contributed by atoms with Crippen molar-refractivity contribution in [2.45, 2.75) is 91.9 Å². The molecule has 9 rings (SSSR count). The topological polar surface area (TPSA) is 82.5 Å². The first-order chi connectivity index (χ1) is 28.7. The number of hydrogen-bond donors (Lipinski definition) is 0. The standard InChI is InChI=1S/C53H52N6O/c1-31(2)40-29-36(33-17-12-11-13-18-33)30-41(32(3)4)45(40)59-44-22-15-14-21-43(44)54-48(59)39-20-16-19-37-38-27-28-42(55-49(38)60-46(37)39)34-23-25-35(26-24-34)47-56-50(52(5,6)7)58-51(57-47)53(8,9)10/h11-32H,1-10H3. The number of hydrogen-bond acceptors (Lipinski definition) is 6. The Labute approximate surface area is 352 Å². The van der Waals surface area contributed by atoms with E-state index in [1.165, 1.54) is 27.9 Å². The highest BCUT2D eigenvalue weighted by Crippen LogP contribution is 2.43. The maximum Gasteiger partial charge on any atom is 0.227 e. The smallest absolute Gasteiger partial charge is 0.227 e. The molecule has 0 atom stereocenters. The molecule has 0 saturated carbocycles. The van der Waals surface area contributed by atoms with Gasteiger partial charge in [-0.25, -0.2) is 24.9 Å². The average molecular weight is 789 g/mol. The number of pyridine rings is 1. The fourth-order valence-corrected chi connectivity index (χ4v) is 8.03. The number of para-hydroxylation sites is 3. The summed E-state index contributed by atoms with van der Waals surface area (Å²) in [7, 11) is 0. The van der Waals surface area contributed by atoms with Crippen molar-refractivity contribution in [1.82, 2.24) is 29.5 Å². The summed E-state index contributed by atoms with van der Waals surface area (Å²) >= 11 is 0. The molecule has 4 aromatic heterocycles. The molecule has 60 heavy (non-hydrogen) atoms. The minimum atomic E-state index is -0.210. The second-order valence-corrected chi connectivity index (χ2v) is 18.7. The molecule has 0 fully saturated rings. The van der Waals surface area contributed by atoms with Crippen LogP contribution < -0.4 is 0 Å². The molecule has 0 amide bonds. The summed E-state index contributed by atoms with van der Waals surface area (Å²) in [4.78, 5) is 25.2. The quantitative estimate of drug-likeness (QED) is 0.160. The molecule has 0 bridgehead atoms. The second kappa shape index (κ2) is 14.7. The van der Waals surface area contributed by atoms with Crippen LogP contribution in [0.25, 0.3) is 83.9 Å². The lowest BCUT2D eigenvalue weighted by Gasteiger charge is -2.24. The molecule has 9 aromatic rings. The number of furan rings is 1. The zero-order valence-corrected chi connectivity index (χ0v) is 36.3. The van der Waals surface area contributed by atoms with Gasteiger partial charge in [-0.2, -0.15) is 0 Å². The Morgan fingerprint density at radius 3 is 1.77 bits per heavy atom. The van der Waals surface area contributed by atoms with Gasteiger partial charge in [0.25, 0.3) is 0 Å². The highest BCUT2D eigenvalue weighted by Gasteiger charge is 2.27. The van der Waals surface area contributed by atoms with Gasteiger partial charge < -0.3 is 4.42 Å². The number of imidazole rings is 1. The minimum absolute atomic E-state index is 0.210. The minimum Gasteiger partial charge on any atom is -0.437 e. The molecular formula is C53H52N6O. The predicted octanol–water partition coefficient (Wildman–Crippen LogP) is 14.0. The van der Waals surface area contributed by atoms with E-state index in [9.17, 15) is 0 Å². The lowest BCUT2D eigenvalue weighted by molar-refractivity contribution is 0.497. The van der Waals surface area contributed by atoms with E-state index >= 15 is 0 Å². The maximum atomic E-state index is 6.81. The summed E-state index contributed by atoms with van der Waals surface area (Å²) in [5.41, 5.74) is 12.8. The van der Waals surface area contributed by atoms with E-state index in [0.29, 0.717) is 11.5 Å². The molecule has 0 aliphatic carbocycles. The van der Waals surface area contributed by atoms with E-state index in [4.69, 9.17) is 29.3 Å². The first-order valence-electron chi connectivity index (χ1n) is 21.1. The van der Waals surface area contributed by atoms with Crippen LogP contribution in [-0.2, 0) is 10.8 Å². The number of fused-ring (bicyclic) bond motifs is 4. The Hall–Kier alpha value is -6.47. The average Bonchev–Trinajstić information content (AvgIpc) is 3.81. The lowest BCUT2D eigenvalue weighted by atomic mass is 9.88. The van der Waals surface area contributed by atoms with Gasteiger partial charge in [-0.3, -0.25) is 4.57 Å². The van der Waals surface area contributed by atoms with Gasteiger partial charge in [0.2, 0.25) is 5.71 Å². The van der Waals surface area contributed by atoms with Crippen molar-refractivity contribution < 1.29 is 4.42 Å². The van der Waals surface area contributed by atoms with Crippen LogP contribution in [-0.4, -0.2) is 29.5 Å². The first-order valence-corrected chi connectivity index (χ1v) is 21.1. The van der Waals surface area contributed by atoms with Crippen molar-refractivity contribution in [3.8, 4) is 50.8 Å². The van der Waals surface area contributed by atoms with Crippen molar-refractivity contribution >= 4 is 33.1 Å². The van der Waals surface area contributed by atoms with Gasteiger partial charge in [0, 0.05) is 32.7 Å². The number of nitrogens with zero attached hydrogens (tertiary/aromatic N) is 6. The van der Waals surface area contributed by atoms with E-state index in [2.05, 4.69) is 195 Å². The molecule has 0 spiro atoms. The maximum absolute atomic E-state index is 6.81. The summed E-state index contributed by atoms with van der Waals surface area (Å²) in [5, 5.41) is 1.96. The Morgan fingerprint density at radius 2 is 1.13 bits per heavy atom. The van der Waals surface area contributed by atoms with Gasteiger partial charge >= 0.3 is 0 Å². The van der Waals surface area contributed by atoms with Crippen LogP contribution in [0.3, 0.4) is 0 Å². The molecule has 7 heteroatoms. The van der Waals surface area contributed by atoms with E-state index in [0.717, 1.165) is 67.2 Å². The van der Waals surface area contributed by atoms with Crippen molar-refractivity contribution in [2.75, 3.05) is 0 Å². The van der Waals surface area contributed by atoms with Crippen LogP contribution in [0.15, 0.2) is 126 Å². The monoisotopic (exact) mass is 788 g/mol. The van der Waals surface area contributed by atoms with Gasteiger partial charge in [0.15, 0.2) is 5.82 Å². The molecule has 300 valence electrons. The summed E-state index contributed by atoms with van der Waals surface area (Å²) in [6.45, 7) is 21.9. The summed E-state index contributed by atoms with van der Waals surface area (Å²) in [6.07, 6.45) is 0. The number of aromatic nitrogens is 6. The van der Waals surface area contributed by atoms with Crippen LogP contribution >= 0.6 is 0 Å². The molecule has 0 saturated heterocycles. The Kier molecular flexibility index (Phi) is 9.54. The van der Waals surface area contributed by atoms with E-state index in [-0.39, 0.29) is 22.7 Å². The third-order valence-corrected chi connectivity index (χ3v) is 11.3. The Balaban J connectivity index is 1.17. The summed E-state index contributed by atoms with van der Waals surface area (Å²) < 4.78 is 9.18. The van der Waals surface area contributed by atoms with Gasteiger partial charge in [0.05, 0.1) is 28.0 Å². The third kappa shape index (κ3) is 6.96. The molecule has 0 N–H and O–H groups in total. The molecule has 0 unspecified atom stereocenters. The van der Waals surface area contributed by atoms with Crippen LogP contribution in [0, 0.1) is 0 Å². The normalized spacial score (nSPS) is 12.5. The van der Waals surface area contributed by atoms with E-state index in [1.807, 2.05) is 0 Å². The van der Waals surface area contributed by atoms with Crippen molar-refractivity contribution in [3.05, 3.63) is 144 Å². The molecule has 7 nitrogen and oxygen atoms in total. The zero-order chi connectivity index (χ0) is 42.1. The number of benzene rings is 5. The van der Waals surface area contributed by atoms with Gasteiger partial charge in [-0.05, 0) is 76.6 Å². The summed E-state index contributed by atoms with van der Waals surface area (Å²) in [5.74, 6) is 3.61. The molecule has 4 heterocycles. The molecule has 0 radical (unpaired) electrons. The highest BCUT2D eigenvalue weighted by molar-refractivity contribution is 6.09.